The molecule has 0 aromatic heterocycles. The van der Waals surface area contributed by atoms with Crippen molar-refractivity contribution < 1.29 is 4.79 Å². The Labute approximate surface area is 115 Å². The van der Waals surface area contributed by atoms with Crippen molar-refractivity contribution in [3.8, 4) is 0 Å². The van der Waals surface area contributed by atoms with Gasteiger partial charge in [-0.15, -0.1) is 0 Å². The van der Waals surface area contributed by atoms with Crippen LogP contribution >= 0.6 is 0 Å². The van der Waals surface area contributed by atoms with E-state index in [0.717, 1.165) is 48.5 Å². The van der Waals surface area contributed by atoms with Crippen molar-refractivity contribution in [3.63, 3.8) is 0 Å². The molecule has 0 unspecified atom stereocenters. The van der Waals surface area contributed by atoms with E-state index in [2.05, 4.69) is 24.5 Å². The predicted molar refractivity (Wildman–Crippen MR) is 79.6 cm³/mol. The largest absolute Gasteiger partial charge is 0.384 e. The fourth-order valence-electron chi connectivity index (χ4n) is 2.54. The normalized spacial score (nSPS) is 21.6. The molecular formula is C16H24N2O. The molecular weight excluding hydrogens is 236 g/mol. The summed E-state index contributed by atoms with van der Waals surface area (Å²) in [6.45, 7) is 7.26. The van der Waals surface area contributed by atoms with Crippen LogP contribution in [-0.4, -0.2) is 18.5 Å². The number of carbonyl (C=O) groups excluding carboxylic acids is 1. The molecule has 2 N–H and O–H groups in total. The van der Waals surface area contributed by atoms with E-state index < -0.39 is 0 Å². The summed E-state index contributed by atoms with van der Waals surface area (Å²) in [5, 5.41) is 6.46. The molecule has 1 saturated carbocycles. The fourth-order valence-corrected chi connectivity index (χ4v) is 2.54. The first-order valence-corrected chi connectivity index (χ1v) is 7.25. The van der Waals surface area contributed by atoms with Crippen LogP contribution < -0.4 is 10.6 Å². The molecule has 0 atom stereocenters. The monoisotopic (exact) mass is 260 g/mol. The van der Waals surface area contributed by atoms with Crippen LogP contribution in [0.5, 0.6) is 0 Å². The minimum Gasteiger partial charge on any atom is -0.384 e. The number of hydrogen-bond donors (Lipinski definition) is 2. The Bertz CT molecular complexity index is 450. The number of carbonyl (C=O) groups is 1. The molecule has 1 amide bonds. The number of nitrogens with one attached hydrogen (secondary N) is 2. The molecule has 3 nitrogen and oxygen atoms in total. The molecule has 0 bridgehead atoms. The molecule has 1 fully saturated rings. The number of rotatable bonds is 5. The molecule has 1 aromatic carbocycles. The average Bonchev–Trinajstić information content (AvgIpc) is 2.35. The van der Waals surface area contributed by atoms with Crippen LogP contribution in [0.25, 0.3) is 0 Å². The highest BCUT2D eigenvalue weighted by Crippen LogP contribution is 2.27. The van der Waals surface area contributed by atoms with Crippen molar-refractivity contribution in [1.82, 2.24) is 5.32 Å². The van der Waals surface area contributed by atoms with E-state index in [1.165, 1.54) is 0 Å². The molecule has 2 rings (SSSR count). The van der Waals surface area contributed by atoms with E-state index >= 15 is 0 Å². The van der Waals surface area contributed by atoms with Gasteiger partial charge in [0.25, 0.3) is 5.91 Å². The Balaban J connectivity index is 2.07. The smallest absolute Gasteiger partial charge is 0.253 e. The Morgan fingerprint density at radius 3 is 2.74 bits per heavy atom. The maximum absolute atomic E-state index is 12.3. The molecule has 1 aliphatic rings. The highest BCUT2D eigenvalue weighted by Gasteiger charge is 2.27. The number of anilines is 1. The Morgan fingerprint density at radius 1 is 1.37 bits per heavy atom. The summed E-state index contributed by atoms with van der Waals surface area (Å²) in [4.78, 5) is 12.3. The highest BCUT2D eigenvalue weighted by molar-refractivity contribution is 6.00. The third-order valence-electron chi connectivity index (χ3n) is 3.69. The number of benzene rings is 1. The molecule has 104 valence electrons. The third kappa shape index (κ3) is 3.49. The van der Waals surface area contributed by atoms with Crippen molar-refractivity contribution in [2.24, 2.45) is 5.92 Å². The Morgan fingerprint density at radius 2 is 2.11 bits per heavy atom. The first-order chi connectivity index (χ1) is 9.10. The summed E-state index contributed by atoms with van der Waals surface area (Å²) in [5.74, 6) is 0.805. The van der Waals surface area contributed by atoms with Gasteiger partial charge < -0.3 is 10.6 Å². The molecule has 0 radical (unpaired) electrons. The van der Waals surface area contributed by atoms with E-state index in [1.54, 1.807) is 0 Å². The van der Waals surface area contributed by atoms with Crippen molar-refractivity contribution in [3.05, 3.63) is 29.3 Å². The van der Waals surface area contributed by atoms with E-state index in [0.29, 0.717) is 6.04 Å². The summed E-state index contributed by atoms with van der Waals surface area (Å²) in [7, 11) is 0. The lowest BCUT2D eigenvalue weighted by Crippen LogP contribution is -2.43. The summed E-state index contributed by atoms with van der Waals surface area (Å²) < 4.78 is 0. The molecule has 1 aromatic rings. The standard InChI is InChI=1S/C16H24N2O/c1-4-7-17-15-6-5-11(2)10-14(15)16(19)18-13-8-12(3)9-13/h5-6,10,12-13,17H,4,7-9H2,1-3H3,(H,18,19). The zero-order valence-electron chi connectivity index (χ0n) is 12.1. The van der Waals surface area contributed by atoms with E-state index in [-0.39, 0.29) is 5.91 Å². The lowest BCUT2D eigenvalue weighted by Gasteiger charge is -2.33. The highest BCUT2D eigenvalue weighted by atomic mass is 16.1. The maximum Gasteiger partial charge on any atom is 0.253 e. The molecule has 0 saturated heterocycles. The van der Waals surface area contributed by atoms with Crippen LogP contribution in [0, 0.1) is 12.8 Å². The zero-order chi connectivity index (χ0) is 13.8. The van der Waals surface area contributed by atoms with Gasteiger partial charge in [0.1, 0.15) is 0 Å². The molecule has 3 heteroatoms. The van der Waals surface area contributed by atoms with Gasteiger partial charge in [0, 0.05) is 18.3 Å². The van der Waals surface area contributed by atoms with Gasteiger partial charge >= 0.3 is 0 Å². The van der Waals surface area contributed by atoms with Crippen molar-refractivity contribution in [1.29, 1.82) is 0 Å². The van der Waals surface area contributed by atoms with Crippen LogP contribution in [0.3, 0.4) is 0 Å². The Hall–Kier alpha value is -1.51. The Kier molecular flexibility index (Phi) is 4.46. The van der Waals surface area contributed by atoms with E-state index in [1.807, 2.05) is 25.1 Å². The van der Waals surface area contributed by atoms with Gasteiger partial charge in [-0.3, -0.25) is 4.79 Å². The predicted octanol–water partition coefficient (Wildman–Crippen LogP) is 3.35. The number of aryl methyl sites for hydroxylation is 1. The van der Waals surface area contributed by atoms with Gasteiger partial charge in [0.05, 0.1) is 5.56 Å². The summed E-state index contributed by atoms with van der Waals surface area (Å²) in [5.41, 5.74) is 2.83. The van der Waals surface area contributed by atoms with Gasteiger partial charge in [-0.25, -0.2) is 0 Å². The second kappa shape index (κ2) is 6.09. The molecule has 1 aliphatic carbocycles. The lowest BCUT2D eigenvalue weighted by molar-refractivity contribution is 0.0897. The van der Waals surface area contributed by atoms with Crippen LogP contribution in [0.1, 0.15) is 49.0 Å². The average molecular weight is 260 g/mol. The number of amides is 1. The van der Waals surface area contributed by atoms with Gasteiger partial charge in [0.15, 0.2) is 0 Å². The van der Waals surface area contributed by atoms with Gasteiger partial charge in [-0.1, -0.05) is 25.5 Å². The van der Waals surface area contributed by atoms with Crippen molar-refractivity contribution >= 4 is 11.6 Å². The molecule has 19 heavy (non-hydrogen) atoms. The first kappa shape index (κ1) is 13.9. The first-order valence-electron chi connectivity index (χ1n) is 7.25. The summed E-state index contributed by atoms with van der Waals surface area (Å²) >= 11 is 0. The molecule has 0 spiro atoms. The van der Waals surface area contributed by atoms with Crippen LogP contribution in [0.2, 0.25) is 0 Å². The van der Waals surface area contributed by atoms with Crippen LogP contribution in [0.4, 0.5) is 5.69 Å². The second-order valence-electron chi connectivity index (χ2n) is 5.72. The molecule has 0 heterocycles. The van der Waals surface area contributed by atoms with E-state index in [9.17, 15) is 4.79 Å². The minimum atomic E-state index is 0.0548. The second-order valence-corrected chi connectivity index (χ2v) is 5.72. The summed E-state index contributed by atoms with van der Waals surface area (Å²) in [6, 6.07) is 6.38. The summed E-state index contributed by atoms with van der Waals surface area (Å²) in [6.07, 6.45) is 3.26. The number of hydrogen-bond acceptors (Lipinski definition) is 2. The maximum atomic E-state index is 12.3. The van der Waals surface area contributed by atoms with Gasteiger partial charge in [-0.2, -0.15) is 0 Å². The quantitative estimate of drug-likeness (QED) is 0.852. The minimum absolute atomic E-state index is 0.0548. The SMILES string of the molecule is CCCNc1ccc(C)cc1C(=O)NC1CC(C)C1. The van der Waals surface area contributed by atoms with Crippen LogP contribution in [0.15, 0.2) is 18.2 Å². The van der Waals surface area contributed by atoms with Crippen molar-refractivity contribution in [2.45, 2.75) is 46.1 Å². The topological polar surface area (TPSA) is 41.1 Å². The zero-order valence-corrected chi connectivity index (χ0v) is 12.1. The van der Waals surface area contributed by atoms with Gasteiger partial charge in [-0.05, 0) is 44.2 Å². The lowest BCUT2D eigenvalue weighted by atomic mass is 9.82. The van der Waals surface area contributed by atoms with Gasteiger partial charge in [0.2, 0.25) is 0 Å². The van der Waals surface area contributed by atoms with Crippen LogP contribution in [-0.2, 0) is 0 Å². The van der Waals surface area contributed by atoms with Crippen molar-refractivity contribution in [2.75, 3.05) is 11.9 Å². The van der Waals surface area contributed by atoms with E-state index in [4.69, 9.17) is 0 Å². The fraction of sp³-hybridized carbons (Fsp3) is 0.562. The third-order valence-corrected chi connectivity index (χ3v) is 3.69. The molecule has 0 aliphatic heterocycles.